The minimum absolute atomic E-state index is 0.0148. The van der Waals surface area contributed by atoms with Crippen molar-refractivity contribution >= 4 is 5.97 Å². The Morgan fingerprint density at radius 3 is 2.45 bits per heavy atom. The van der Waals surface area contributed by atoms with Crippen LogP contribution in [0.1, 0.15) is 13.8 Å². The van der Waals surface area contributed by atoms with Crippen LogP contribution in [0.15, 0.2) is 0 Å². The molecule has 0 aliphatic rings. The highest BCUT2D eigenvalue weighted by Crippen LogP contribution is 2.00. The van der Waals surface area contributed by atoms with Crippen LogP contribution < -0.4 is 5.32 Å². The first kappa shape index (κ1) is 10.4. The second-order valence-corrected chi connectivity index (χ2v) is 2.70. The summed E-state index contributed by atoms with van der Waals surface area (Å²) in [5, 5.41) is 11.2. The Labute approximate surface area is 65.6 Å². The summed E-state index contributed by atoms with van der Waals surface area (Å²) in [5.74, 6) is -0.938. The first-order valence-electron chi connectivity index (χ1n) is 3.61. The van der Waals surface area contributed by atoms with Crippen LogP contribution in [0.4, 0.5) is 4.39 Å². The van der Waals surface area contributed by atoms with Gasteiger partial charge in [0.1, 0.15) is 12.7 Å². The second kappa shape index (κ2) is 5.07. The minimum atomic E-state index is -0.923. The van der Waals surface area contributed by atoms with Crippen LogP contribution in [-0.2, 0) is 4.79 Å². The zero-order valence-electron chi connectivity index (χ0n) is 6.80. The van der Waals surface area contributed by atoms with Gasteiger partial charge in [0.2, 0.25) is 0 Å². The van der Waals surface area contributed by atoms with Gasteiger partial charge in [-0.1, -0.05) is 13.8 Å². The lowest BCUT2D eigenvalue weighted by atomic mass is 10.1. The van der Waals surface area contributed by atoms with E-state index in [0.717, 1.165) is 0 Å². The van der Waals surface area contributed by atoms with E-state index in [1.54, 1.807) is 13.8 Å². The van der Waals surface area contributed by atoms with Gasteiger partial charge in [0.25, 0.3) is 0 Å². The first-order chi connectivity index (χ1) is 5.09. The third kappa shape index (κ3) is 3.93. The van der Waals surface area contributed by atoms with Crippen molar-refractivity contribution in [3.63, 3.8) is 0 Å². The molecule has 0 saturated carbocycles. The van der Waals surface area contributed by atoms with Gasteiger partial charge >= 0.3 is 5.97 Å². The lowest BCUT2D eigenvalue weighted by Gasteiger charge is -2.16. The summed E-state index contributed by atoms with van der Waals surface area (Å²) in [4.78, 5) is 10.5. The SMILES string of the molecule is CC(C)[C@H](NCCF)C(=O)O. The molecule has 0 aliphatic heterocycles. The number of carbonyl (C=O) groups is 1. The maximum Gasteiger partial charge on any atom is 0.320 e. The molecule has 0 fully saturated rings. The van der Waals surface area contributed by atoms with Gasteiger partial charge in [-0.3, -0.25) is 4.79 Å². The Morgan fingerprint density at radius 2 is 2.18 bits per heavy atom. The van der Waals surface area contributed by atoms with Crippen molar-refractivity contribution in [2.75, 3.05) is 13.2 Å². The van der Waals surface area contributed by atoms with Gasteiger partial charge in [-0.2, -0.15) is 0 Å². The number of carboxylic acids is 1. The zero-order valence-corrected chi connectivity index (χ0v) is 6.80. The van der Waals surface area contributed by atoms with Crippen molar-refractivity contribution < 1.29 is 14.3 Å². The minimum Gasteiger partial charge on any atom is -0.480 e. The molecule has 0 unspecified atom stereocenters. The molecule has 0 saturated heterocycles. The first-order valence-corrected chi connectivity index (χ1v) is 3.61. The summed E-state index contributed by atoms with van der Waals surface area (Å²) >= 11 is 0. The van der Waals surface area contributed by atoms with Crippen molar-refractivity contribution in [3.05, 3.63) is 0 Å². The molecule has 2 N–H and O–H groups in total. The van der Waals surface area contributed by atoms with Crippen molar-refractivity contribution in [3.8, 4) is 0 Å². The Morgan fingerprint density at radius 1 is 1.64 bits per heavy atom. The molecule has 0 radical (unpaired) electrons. The summed E-state index contributed by atoms with van der Waals surface area (Å²) in [6.07, 6.45) is 0. The van der Waals surface area contributed by atoms with E-state index in [1.165, 1.54) is 0 Å². The Balaban J connectivity index is 3.80. The van der Waals surface area contributed by atoms with Gasteiger partial charge in [0.15, 0.2) is 0 Å². The number of aliphatic carboxylic acids is 1. The third-order valence-electron chi connectivity index (χ3n) is 1.39. The van der Waals surface area contributed by atoms with E-state index in [1.807, 2.05) is 0 Å². The predicted molar refractivity (Wildman–Crippen MR) is 40.2 cm³/mol. The number of carboxylic acid groups (broad SMARTS) is 1. The Hall–Kier alpha value is -0.640. The van der Waals surface area contributed by atoms with Crippen molar-refractivity contribution in [1.82, 2.24) is 5.32 Å². The van der Waals surface area contributed by atoms with Crippen LogP contribution in [0.5, 0.6) is 0 Å². The molecule has 3 nitrogen and oxygen atoms in total. The van der Waals surface area contributed by atoms with E-state index >= 15 is 0 Å². The molecule has 0 rings (SSSR count). The van der Waals surface area contributed by atoms with E-state index in [9.17, 15) is 9.18 Å². The highest BCUT2D eigenvalue weighted by Gasteiger charge is 2.19. The average Bonchev–Trinajstić information content (AvgIpc) is 1.87. The van der Waals surface area contributed by atoms with Crippen LogP contribution in [-0.4, -0.2) is 30.3 Å². The van der Waals surface area contributed by atoms with E-state index in [0.29, 0.717) is 0 Å². The Bertz CT molecular complexity index is 128. The number of rotatable bonds is 5. The molecule has 4 heteroatoms. The average molecular weight is 163 g/mol. The molecule has 0 spiro atoms. The van der Waals surface area contributed by atoms with E-state index < -0.39 is 18.7 Å². The summed E-state index contributed by atoms with van der Waals surface area (Å²) < 4.78 is 11.6. The molecule has 0 aromatic heterocycles. The van der Waals surface area contributed by atoms with Crippen molar-refractivity contribution in [2.45, 2.75) is 19.9 Å². The van der Waals surface area contributed by atoms with E-state index in [4.69, 9.17) is 5.11 Å². The molecule has 0 aromatic carbocycles. The molecule has 0 heterocycles. The summed E-state index contributed by atoms with van der Waals surface area (Å²) in [5.41, 5.74) is 0. The molecular formula is C7H14FNO2. The maximum atomic E-state index is 11.6. The van der Waals surface area contributed by atoms with Crippen LogP contribution in [0, 0.1) is 5.92 Å². The van der Waals surface area contributed by atoms with Gasteiger partial charge in [0.05, 0.1) is 0 Å². The highest BCUT2D eigenvalue weighted by atomic mass is 19.1. The lowest BCUT2D eigenvalue weighted by Crippen LogP contribution is -2.41. The van der Waals surface area contributed by atoms with Gasteiger partial charge in [-0.25, -0.2) is 4.39 Å². The fourth-order valence-electron chi connectivity index (χ4n) is 0.818. The topological polar surface area (TPSA) is 49.3 Å². The van der Waals surface area contributed by atoms with Crippen molar-refractivity contribution in [2.24, 2.45) is 5.92 Å². The van der Waals surface area contributed by atoms with Crippen LogP contribution in [0.2, 0.25) is 0 Å². The zero-order chi connectivity index (χ0) is 8.85. The summed E-state index contributed by atoms with van der Waals surface area (Å²) in [6, 6.07) is -0.634. The molecule has 0 aliphatic carbocycles. The summed E-state index contributed by atoms with van der Waals surface area (Å²) in [6.45, 7) is 3.14. The molecule has 66 valence electrons. The predicted octanol–water partition coefficient (Wildman–Crippen LogP) is 0.655. The standard InChI is InChI=1S/C7H14FNO2/c1-5(2)6(7(10)11)9-4-3-8/h5-6,9H,3-4H2,1-2H3,(H,10,11)/t6-/m0/s1. The van der Waals surface area contributed by atoms with E-state index in [-0.39, 0.29) is 12.5 Å². The molecule has 1 atom stereocenters. The number of hydrogen-bond acceptors (Lipinski definition) is 2. The molecule has 0 amide bonds. The fourth-order valence-corrected chi connectivity index (χ4v) is 0.818. The normalized spacial score (nSPS) is 13.5. The smallest absolute Gasteiger partial charge is 0.320 e. The maximum absolute atomic E-state index is 11.6. The number of halogens is 1. The molecular weight excluding hydrogens is 149 g/mol. The fraction of sp³-hybridized carbons (Fsp3) is 0.857. The van der Waals surface area contributed by atoms with Crippen LogP contribution in [0.3, 0.4) is 0 Å². The number of nitrogens with one attached hydrogen (secondary N) is 1. The van der Waals surface area contributed by atoms with E-state index in [2.05, 4.69) is 5.32 Å². The highest BCUT2D eigenvalue weighted by molar-refractivity contribution is 5.73. The second-order valence-electron chi connectivity index (χ2n) is 2.70. The number of hydrogen-bond donors (Lipinski definition) is 2. The monoisotopic (exact) mass is 163 g/mol. The largest absolute Gasteiger partial charge is 0.480 e. The van der Waals surface area contributed by atoms with Gasteiger partial charge in [-0.05, 0) is 5.92 Å². The van der Waals surface area contributed by atoms with Gasteiger partial charge < -0.3 is 10.4 Å². The van der Waals surface area contributed by atoms with Crippen LogP contribution >= 0.6 is 0 Å². The van der Waals surface area contributed by atoms with Gasteiger partial charge in [-0.15, -0.1) is 0 Å². The molecule has 0 aromatic rings. The lowest BCUT2D eigenvalue weighted by molar-refractivity contribution is -0.140. The van der Waals surface area contributed by atoms with Crippen LogP contribution in [0.25, 0.3) is 0 Å². The van der Waals surface area contributed by atoms with Gasteiger partial charge in [0, 0.05) is 6.54 Å². The Kier molecular flexibility index (Phi) is 4.77. The quantitative estimate of drug-likeness (QED) is 0.625. The number of alkyl halides is 1. The van der Waals surface area contributed by atoms with Crippen molar-refractivity contribution in [1.29, 1.82) is 0 Å². The third-order valence-corrected chi connectivity index (χ3v) is 1.39. The molecule has 11 heavy (non-hydrogen) atoms. The summed E-state index contributed by atoms with van der Waals surface area (Å²) in [7, 11) is 0. The molecule has 0 bridgehead atoms.